The van der Waals surface area contributed by atoms with Crippen molar-refractivity contribution < 1.29 is 0 Å². The van der Waals surface area contributed by atoms with E-state index < -0.39 is 0 Å². The monoisotopic (exact) mass is 967 g/mol. The fourth-order valence-corrected chi connectivity index (χ4v) is 9.89. The SMILES string of the molecule is Clc1cc(N(c2cccc(N(c3ccccc3)c3cc(N(c4ccccc4)c4ccccc4)cc(N(c4ccccc4)c4ccccc4)c3)c2)c2c(-c3ccccc3)cccc2-c2ccccc2)cc(Cl)n1. The van der Waals surface area contributed by atoms with Crippen LogP contribution in [0.4, 0.5) is 68.2 Å². The summed E-state index contributed by atoms with van der Waals surface area (Å²) in [7, 11) is 0. The maximum Gasteiger partial charge on any atom is 0.132 e. The van der Waals surface area contributed by atoms with Gasteiger partial charge in [0.1, 0.15) is 10.3 Å². The molecule has 0 fully saturated rings. The third-order valence-electron chi connectivity index (χ3n) is 12.5. The van der Waals surface area contributed by atoms with Gasteiger partial charge in [-0.05, 0) is 120 Å². The van der Waals surface area contributed by atoms with Crippen LogP contribution in [0.5, 0.6) is 0 Å². The molecule has 1 aromatic heterocycles. The van der Waals surface area contributed by atoms with E-state index in [0.717, 1.165) is 90.5 Å². The molecule has 0 atom stereocenters. The lowest BCUT2D eigenvalue weighted by atomic mass is 9.94. The fraction of sp³-hybridized carbons (Fsp3) is 0. The Bertz CT molecular complexity index is 3290. The number of halogens is 2. The van der Waals surface area contributed by atoms with Crippen LogP contribution in [0.2, 0.25) is 10.3 Å². The molecule has 0 bridgehead atoms. The Balaban J connectivity index is 1.18. The van der Waals surface area contributed by atoms with Crippen molar-refractivity contribution in [3.8, 4) is 22.3 Å². The van der Waals surface area contributed by atoms with Crippen molar-refractivity contribution >= 4 is 91.5 Å². The normalized spacial score (nSPS) is 10.9. The van der Waals surface area contributed by atoms with Crippen LogP contribution in [0.1, 0.15) is 0 Å². The number of benzene rings is 10. The van der Waals surface area contributed by atoms with Crippen LogP contribution in [0.3, 0.4) is 0 Å². The van der Waals surface area contributed by atoms with Crippen molar-refractivity contribution in [1.29, 1.82) is 0 Å². The fourth-order valence-electron chi connectivity index (χ4n) is 9.44. The summed E-state index contributed by atoms with van der Waals surface area (Å²) in [4.78, 5) is 13.7. The third-order valence-corrected chi connectivity index (χ3v) is 12.9. The third kappa shape index (κ3) is 9.68. The van der Waals surface area contributed by atoms with E-state index in [2.05, 4.69) is 285 Å². The summed E-state index contributed by atoms with van der Waals surface area (Å²) in [5.74, 6) is 0. The quantitative estimate of drug-likeness (QED) is 0.101. The molecule has 0 spiro atoms. The van der Waals surface area contributed by atoms with Crippen LogP contribution in [0.25, 0.3) is 22.3 Å². The first kappa shape index (κ1) is 45.6. The Labute approximate surface area is 431 Å². The number of hydrogen-bond donors (Lipinski definition) is 0. The van der Waals surface area contributed by atoms with Crippen LogP contribution in [-0.4, -0.2) is 4.98 Å². The second kappa shape index (κ2) is 21.0. The van der Waals surface area contributed by atoms with Gasteiger partial charge in [0, 0.05) is 50.9 Å². The number of rotatable bonds is 14. The molecule has 7 heteroatoms. The van der Waals surface area contributed by atoms with Crippen molar-refractivity contribution in [2.75, 3.05) is 19.6 Å². The molecule has 0 saturated carbocycles. The molecular weight excluding hydrogens is 922 g/mol. The van der Waals surface area contributed by atoms with Gasteiger partial charge >= 0.3 is 0 Å². The highest BCUT2D eigenvalue weighted by Crippen LogP contribution is 2.50. The average molecular weight is 969 g/mol. The van der Waals surface area contributed by atoms with E-state index in [1.54, 1.807) is 0 Å². The minimum atomic E-state index is 0.287. The van der Waals surface area contributed by atoms with Crippen molar-refractivity contribution in [2.45, 2.75) is 0 Å². The van der Waals surface area contributed by atoms with E-state index in [0.29, 0.717) is 0 Å². The minimum absolute atomic E-state index is 0.287. The molecule has 0 amide bonds. The molecule has 0 N–H and O–H groups in total. The van der Waals surface area contributed by atoms with Gasteiger partial charge in [0.2, 0.25) is 0 Å². The van der Waals surface area contributed by atoms with E-state index in [1.807, 2.05) is 24.3 Å². The lowest BCUT2D eigenvalue weighted by molar-refractivity contribution is 1.21. The van der Waals surface area contributed by atoms with Gasteiger partial charge in [0.05, 0.1) is 28.4 Å². The summed E-state index contributed by atoms with van der Waals surface area (Å²) in [5, 5.41) is 0.574. The highest BCUT2D eigenvalue weighted by Gasteiger charge is 2.26. The zero-order chi connectivity index (χ0) is 48.6. The average Bonchev–Trinajstić information content (AvgIpc) is 3.43. The van der Waals surface area contributed by atoms with E-state index in [-0.39, 0.29) is 10.3 Å². The smallest absolute Gasteiger partial charge is 0.132 e. The molecule has 5 nitrogen and oxygen atoms in total. The van der Waals surface area contributed by atoms with Gasteiger partial charge in [0.15, 0.2) is 0 Å². The molecule has 0 unspecified atom stereocenters. The number of anilines is 12. The predicted molar refractivity (Wildman–Crippen MR) is 304 cm³/mol. The van der Waals surface area contributed by atoms with E-state index in [1.165, 1.54) is 0 Å². The predicted octanol–water partition coefficient (Wildman–Crippen LogP) is 19.6. The molecule has 1 heterocycles. The lowest BCUT2D eigenvalue weighted by Gasteiger charge is -2.34. The molecule has 11 aromatic rings. The highest BCUT2D eigenvalue weighted by atomic mass is 35.5. The molecular formula is C65H47Cl2N5. The number of pyridine rings is 1. The summed E-state index contributed by atoms with van der Waals surface area (Å²) >= 11 is 13.7. The van der Waals surface area contributed by atoms with Gasteiger partial charge in [-0.2, -0.15) is 0 Å². The summed E-state index contributed by atoms with van der Waals surface area (Å²) < 4.78 is 0. The second-order valence-electron chi connectivity index (χ2n) is 17.2. The van der Waals surface area contributed by atoms with Crippen molar-refractivity contribution in [3.63, 3.8) is 0 Å². The Kier molecular flexibility index (Phi) is 13.3. The molecule has 0 aliphatic rings. The van der Waals surface area contributed by atoms with Crippen LogP contribution in [0.15, 0.2) is 285 Å². The standard InChI is InChI=1S/C65H47Cl2N5/c66-63-46-60(47-64(67)68-63)72(65-61(48-24-8-1-9-25-48)40-23-41-62(65)49-26-10-2-11-27-49)56-39-22-38-55(42-56)71(54-36-20-7-21-37-54)59-44-57(69(50-28-12-3-13-29-50)51-30-14-4-15-31-51)43-58(45-59)70(52-32-16-5-17-33-52)53-34-18-6-19-35-53/h1-47H. The number of nitrogens with zero attached hydrogens (tertiary/aromatic N) is 5. The summed E-state index contributed by atoms with van der Waals surface area (Å²) in [5.41, 5.74) is 15.7. The maximum atomic E-state index is 6.84. The van der Waals surface area contributed by atoms with E-state index in [9.17, 15) is 0 Å². The summed E-state index contributed by atoms with van der Waals surface area (Å²) in [6, 6.07) is 99.6. The number of aromatic nitrogens is 1. The zero-order valence-corrected chi connectivity index (χ0v) is 40.6. The maximum absolute atomic E-state index is 6.84. The van der Waals surface area contributed by atoms with Crippen molar-refractivity contribution in [1.82, 2.24) is 4.98 Å². The number of para-hydroxylation sites is 6. The topological polar surface area (TPSA) is 25.9 Å². The van der Waals surface area contributed by atoms with E-state index in [4.69, 9.17) is 23.2 Å². The van der Waals surface area contributed by atoms with Gasteiger partial charge in [0.25, 0.3) is 0 Å². The van der Waals surface area contributed by atoms with Gasteiger partial charge in [-0.15, -0.1) is 0 Å². The summed E-state index contributed by atoms with van der Waals surface area (Å²) in [6.45, 7) is 0. The molecule has 346 valence electrons. The molecule has 11 rings (SSSR count). The van der Waals surface area contributed by atoms with Gasteiger partial charge < -0.3 is 19.6 Å². The Hall–Kier alpha value is -8.87. The van der Waals surface area contributed by atoms with Crippen molar-refractivity contribution in [3.05, 3.63) is 295 Å². The Morgan fingerprint density at radius 1 is 0.222 bits per heavy atom. The van der Waals surface area contributed by atoms with Crippen molar-refractivity contribution in [2.24, 2.45) is 0 Å². The Morgan fingerprint density at radius 3 is 0.819 bits per heavy atom. The molecule has 0 aliphatic carbocycles. The molecule has 10 aromatic carbocycles. The lowest BCUT2D eigenvalue weighted by Crippen LogP contribution is -2.17. The van der Waals surface area contributed by atoms with Gasteiger partial charge in [-0.1, -0.05) is 199 Å². The van der Waals surface area contributed by atoms with Gasteiger partial charge in [-0.25, -0.2) is 4.98 Å². The molecule has 0 radical (unpaired) electrons. The summed E-state index contributed by atoms with van der Waals surface area (Å²) in [6.07, 6.45) is 0. The van der Waals surface area contributed by atoms with E-state index >= 15 is 0 Å². The second-order valence-corrected chi connectivity index (χ2v) is 17.9. The first-order chi connectivity index (χ1) is 35.6. The first-order valence-corrected chi connectivity index (χ1v) is 24.6. The van der Waals surface area contributed by atoms with Crippen LogP contribution in [-0.2, 0) is 0 Å². The van der Waals surface area contributed by atoms with Crippen LogP contribution in [0, 0.1) is 0 Å². The largest absolute Gasteiger partial charge is 0.310 e. The zero-order valence-electron chi connectivity index (χ0n) is 39.1. The minimum Gasteiger partial charge on any atom is -0.310 e. The molecule has 0 saturated heterocycles. The Morgan fingerprint density at radius 2 is 0.472 bits per heavy atom. The number of hydrogen-bond acceptors (Lipinski definition) is 5. The van der Waals surface area contributed by atoms with Gasteiger partial charge in [-0.3, -0.25) is 0 Å². The van der Waals surface area contributed by atoms with Crippen LogP contribution < -0.4 is 19.6 Å². The molecule has 72 heavy (non-hydrogen) atoms. The molecule has 0 aliphatic heterocycles. The van der Waals surface area contributed by atoms with Crippen LogP contribution >= 0.6 is 23.2 Å². The highest BCUT2D eigenvalue weighted by molar-refractivity contribution is 6.33. The first-order valence-electron chi connectivity index (χ1n) is 23.8.